The summed E-state index contributed by atoms with van der Waals surface area (Å²) in [4.78, 5) is 20.0. The molecule has 0 unspecified atom stereocenters. The van der Waals surface area contributed by atoms with E-state index in [2.05, 4.69) is 20.4 Å². The van der Waals surface area contributed by atoms with Gasteiger partial charge in [-0.15, -0.1) is 0 Å². The molecule has 1 saturated carbocycles. The molecule has 5 N–H and O–H groups in total. The van der Waals surface area contributed by atoms with Crippen LogP contribution in [-0.4, -0.2) is 73.4 Å². The first-order chi connectivity index (χ1) is 17.2. The first kappa shape index (κ1) is 26.4. The van der Waals surface area contributed by atoms with E-state index in [1.54, 1.807) is 12.3 Å². The number of nitrogens with one attached hydrogen (secondary N) is 1. The van der Waals surface area contributed by atoms with E-state index in [1.807, 2.05) is 4.90 Å². The monoisotopic (exact) mass is 533 g/mol. The van der Waals surface area contributed by atoms with E-state index in [9.17, 15) is 31.4 Å². The quantitative estimate of drug-likeness (QED) is 0.372. The zero-order valence-corrected chi connectivity index (χ0v) is 18.8. The minimum atomic E-state index is -5.08. The van der Waals surface area contributed by atoms with Crippen molar-refractivity contribution in [1.82, 2.24) is 19.7 Å². The summed E-state index contributed by atoms with van der Waals surface area (Å²) < 4.78 is 72.6. The molecule has 3 heterocycles. The van der Waals surface area contributed by atoms with E-state index in [0.717, 1.165) is 12.1 Å². The summed E-state index contributed by atoms with van der Waals surface area (Å²) in [6.07, 6.45) is -7.12. The molecule has 0 bridgehead atoms. The molecule has 200 valence electrons. The number of nitrogens with zero attached hydrogens (tertiary/aromatic N) is 5. The van der Waals surface area contributed by atoms with Crippen molar-refractivity contribution in [2.45, 2.75) is 43.4 Å². The number of rotatable bonds is 4. The highest BCUT2D eigenvalue weighted by Gasteiger charge is 2.38. The van der Waals surface area contributed by atoms with E-state index in [4.69, 9.17) is 15.6 Å². The van der Waals surface area contributed by atoms with Crippen LogP contribution in [0.15, 0.2) is 30.5 Å². The van der Waals surface area contributed by atoms with E-state index in [1.165, 1.54) is 10.7 Å². The van der Waals surface area contributed by atoms with Crippen LogP contribution in [0.2, 0.25) is 0 Å². The van der Waals surface area contributed by atoms with Gasteiger partial charge in [-0.1, -0.05) is 6.07 Å². The molecule has 2 aromatic heterocycles. The van der Waals surface area contributed by atoms with Gasteiger partial charge in [0.25, 0.3) is 0 Å². The number of aromatic nitrogens is 4. The lowest BCUT2D eigenvalue weighted by Crippen LogP contribution is -2.56. The predicted octanol–water partition coefficient (Wildman–Crippen LogP) is 2.55. The van der Waals surface area contributed by atoms with Crippen LogP contribution in [0.3, 0.4) is 0 Å². The third-order valence-electron chi connectivity index (χ3n) is 5.72. The Hall–Kier alpha value is -3.66. The number of hydrogen-bond donors (Lipinski definition) is 4. The van der Waals surface area contributed by atoms with Crippen LogP contribution in [0.4, 0.5) is 38.1 Å². The van der Waals surface area contributed by atoms with Gasteiger partial charge in [-0.05, 0) is 31.0 Å². The van der Waals surface area contributed by atoms with Crippen LogP contribution in [-0.2, 0) is 11.0 Å². The second-order valence-corrected chi connectivity index (χ2v) is 8.65. The van der Waals surface area contributed by atoms with Gasteiger partial charge in [-0.2, -0.15) is 41.4 Å². The Morgan fingerprint density at radius 2 is 1.76 bits per heavy atom. The third kappa shape index (κ3) is 5.85. The summed E-state index contributed by atoms with van der Waals surface area (Å²) in [5.41, 5.74) is 5.82. The fraction of sp³-hybridized carbons (Fsp3) is 0.429. The highest BCUT2D eigenvalue weighted by atomic mass is 19.4. The van der Waals surface area contributed by atoms with Crippen LogP contribution in [0.5, 0.6) is 0 Å². The minimum Gasteiger partial charge on any atom is -0.475 e. The van der Waals surface area contributed by atoms with Crippen molar-refractivity contribution >= 4 is 28.8 Å². The molecule has 3 aromatic rings. The number of aliphatic hydroxyl groups excluding tert-OH is 1. The molecule has 37 heavy (non-hydrogen) atoms. The lowest BCUT2D eigenvalue weighted by atomic mass is 9.90. The molecule has 10 nitrogen and oxygen atoms in total. The SMILES string of the molecule is NC1CN(c2nc(N[C@H]3C[C@@H](O)C3)nc3c2cnn3-c2cccc(C(F)(F)F)c2)C1.O=C(O)C(F)(F)F. The lowest BCUT2D eigenvalue weighted by molar-refractivity contribution is -0.192. The highest BCUT2D eigenvalue weighted by Crippen LogP contribution is 2.33. The molecule has 0 atom stereocenters. The number of carboxylic acid groups (broad SMARTS) is 1. The number of benzene rings is 1. The maximum absolute atomic E-state index is 13.2. The highest BCUT2D eigenvalue weighted by molar-refractivity contribution is 5.89. The van der Waals surface area contributed by atoms with E-state index >= 15 is 0 Å². The number of carboxylic acids is 1. The van der Waals surface area contributed by atoms with Gasteiger partial charge in [0.05, 0.1) is 28.9 Å². The molecular formula is C21H21F6N7O3. The van der Waals surface area contributed by atoms with Gasteiger partial charge >= 0.3 is 18.3 Å². The summed E-state index contributed by atoms with van der Waals surface area (Å²) in [6.45, 7) is 1.25. The minimum absolute atomic E-state index is 0.0479. The molecule has 0 amide bonds. The Labute approximate surface area is 204 Å². The van der Waals surface area contributed by atoms with Crippen molar-refractivity contribution < 1.29 is 41.4 Å². The fourth-order valence-electron chi connectivity index (χ4n) is 3.78. The molecule has 1 aliphatic heterocycles. The van der Waals surface area contributed by atoms with Gasteiger partial charge in [0, 0.05) is 25.2 Å². The van der Waals surface area contributed by atoms with Gasteiger partial charge in [0.1, 0.15) is 5.82 Å². The van der Waals surface area contributed by atoms with Crippen LogP contribution in [0, 0.1) is 0 Å². The summed E-state index contributed by atoms with van der Waals surface area (Å²) in [6, 6.07) is 5.06. The zero-order valence-electron chi connectivity index (χ0n) is 18.8. The number of fused-ring (bicyclic) bond motifs is 1. The summed E-state index contributed by atoms with van der Waals surface area (Å²) in [5.74, 6) is -1.77. The molecular weight excluding hydrogens is 512 g/mol. The van der Waals surface area contributed by atoms with E-state index in [-0.39, 0.29) is 23.9 Å². The maximum Gasteiger partial charge on any atom is 0.490 e. The Bertz CT molecular complexity index is 1280. The van der Waals surface area contributed by atoms with Crippen LogP contribution >= 0.6 is 0 Å². The van der Waals surface area contributed by atoms with Crippen molar-refractivity contribution in [2.24, 2.45) is 5.73 Å². The number of nitrogens with two attached hydrogens (primary N) is 1. The van der Waals surface area contributed by atoms with Crippen LogP contribution < -0.4 is 16.0 Å². The number of carbonyl (C=O) groups is 1. The Morgan fingerprint density at radius 3 is 2.30 bits per heavy atom. The lowest BCUT2D eigenvalue weighted by Gasteiger charge is -2.38. The number of aliphatic hydroxyl groups is 1. The van der Waals surface area contributed by atoms with Crippen molar-refractivity contribution in [3.63, 3.8) is 0 Å². The van der Waals surface area contributed by atoms with Gasteiger partial charge in [-0.3, -0.25) is 0 Å². The van der Waals surface area contributed by atoms with E-state index in [0.29, 0.717) is 48.7 Å². The number of alkyl halides is 6. The third-order valence-corrected chi connectivity index (χ3v) is 5.72. The number of hydrogen-bond acceptors (Lipinski definition) is 8. The standard InChI is InChI=1S/C19H20F3N7O.C2HF3O2/c20-19(21,22)10-2-1-3-13(4-10)29-17-15(7-24-29)16(28-8-11(23)9-28)26-18(27-17)25-12-5-14(30)6-12;3-2(4,5)1(6)7/h1-4,7,11-12,14,30H,5-6,8-9,23H2,(H,25,26,27);(H,6,7)/t12-,14+;. The molecule has 1 aliphatic carbocycles. The number of aliphatic carboxylic acids is 1. The fourth-order valence-corrected chi connectivity index (χ4v) is 3.78. The molecule has 16 heteroatoms. The first-order valence-corrected chi connectivity index (χ1v) is 10.9. The van der Waals surface area contributed by atoms with Crippen molar-refractivity contribution in [2.75, 3.05) is 23.3 Å². The van der Waals surface area contributed by atoms with Crippen molar-refractivity contribution in [1.29, 1.82) is 0 Å². The molecule has 2 fully saturated rings. The van der Waals surface area contributed by atoms with Gasteiger partial charge < -0.3 is 26.2 Å². The average molecular weight is 533 g/mol. The maximum atomic E-state index is 13.2. The second kappa shape index (κ2) is 9.66. The molecule has 1 saturated heterocycles. The first-order valence-electron chi connectivity index (χ1n) is 10.9. The molecule has 0 spiro atoms. The summed E-state index contributed by atoms with van der Waals surface area (Å²) in [7, 11) is 0. The summed E-state index contributed by atoms with van der Waals surface area (Å²) >= 11 is 0. The Morgan fingerprint density at radius 1 is 1.11 bits per heavy atom. The van der Waals surface area contributed by atoms with Gasteiger partial charge in [0.15, 0.2) is 5.65 Å². The summed E-state index contributed by atoms with van der Waals surface area (Å²) in [5, 5.41) is 24.8. The molecule has 5 rings (SSSR count). The number of halogens is 6. The Balaban J connectivity index is 0.000000405. The molecule has 2 aliphatic rings. The second-order valence-electron chi connectivity index (χ2n) is 8.65. The van der Waals surface area contributed by atoms with E-state index < -0.39 is 23.9 Å². The Kier molecular flexibility index (Phi) is 6.89. The molecule has 0 radical (unpaired) electrons. The predicted molar refractivity (Wildman–Crippen MR) is 118 cm³/mol. The largest absolute Gasteiger partial charge is 0.490 e. The zero-order chi connectivity index (χ0) is 27.1. The normalized spacial score (nSPS) is 20.1. The van der Waals surface area contributed by atoms with Crippen LogP contribution in [0.1, 0.15) is 18.4 Å². The van der Waals surface area contributed by atoms with Crippen molar-refractivity contribution in [3.05, 3.63) is 36.0 Å². The smallest absolute Gasteiger partial charge is 0.475 e. The van der Waals surface area contributed by atoms with Crippen LogP contribution in [0.25, 0.3) is 16.7 Å². The number of anilines is 2. The average Bonchev–Trinajstić information content (AvgIpc) is 3.19. The van der Waals surface area contributed by atoms with Crippen molar-refractivity contribution in [3.8, 4) is 5.69 Å². The topological polar surface area (TPSA) is 142 Å². The van der Waals surface area contributed by atoms with Gasteiger partial charge in [-0.25, -0.2) is 9.48 Å². The van der Waals surface area contributed by atoms with Gasteiger partial charge in [0.2, 0.25) is 5.95 Å². The molecule has 1 aromatic carbocycles.